The van der Waals surface area contributed by atoms with Gasteiger partial charge in [-0.3, -0.25) is 14.7 Å². The van der Waals surface area contributed by atoms with Crippen molar-refractivity contribution in [1.82, 2.24) is 14.9 Å². The average molecular weight is 386 g/mol. The second kappa shape index (κ2) is 6.60. The van der Waals surface area contributed by atoms with Gasteiger partial charge in [0.25, 0.3) is 0 Å². The van der Waals surface area contributed by atoms with Crippen LogP contribution in [0.5, 0.6) is 0 Å². The van der Waals surface area contributed by atoms with Gasteiger partial charge in [0, 0.05) is 29.9 Å². The molecule has 1 saturated heterocycles. The summed E-state index contributed by atoms with van der Waals surface area (Å²) in [6, 6.07) is 3.26. The highest BCUT2D eigenvalue weighted by molar-refractivity contribution is 7.13. The summed E-state index contributed by atoms with van der Waals surface area (Å²) in [4.78, 5) is 35.4. The van der Waals surface area contributed by atoms with E-state index in [0.717, 1.165) is 17.0 Å². The number of rotatable bonds is 3. The van der Waals surface area contributed by atoms with Crippen LogP contribution in [0.3, 0.4) is 0 Å². The Bertz CT molecular complexity index is 861. The van der Waals surface area contributed by atoms with E-state index < -0.39 is 17.7 Å². The minimum absolute atomic E-state index is 0.197. The number of nitrogens with zero attached hydrogens (tertiary/aromatic N) is 3. The molecule has 3 heterocycles. The number of pyridine rings is 1. The third-order valence-corrected chi connectivity index (χ3v) is 5.62. The van der Waals surface area contributed by atoms with E-state index in [2.05, 4.69) is 15.3 Å². The van der Waals surface area contributed by atoms with Crippen molar-refractivity contribution < 1.29 is 14.3 Å². The minimum atomic E-state index is -0.584. The zero-order valence-electron chi connectivity index (χ0n) is 15.5. The van der Waals surface area contributed by atoms with Gasteiger partial charge in [-0.25, -0.2) is 9.78 Å². The molecule has 8 heteroatoms. The van der Waals surface area contributed by atoms with Gasteiger partial charge >= 0.3 is 6.09 Å². The molecule has 2 aromatic heterocycles. The van der Waals surface area contributed by atoms with Crippen molar-refractivity contribution in [2.45, 2.75) is 38.8 Å². The molecule has 1 N–H and O–H groups in total. The first-order chi connectivity index (χ1) is 12.8. The lowest BCUT2D eigenvalue weighted by Gasteiger charge is -2.29. The molecule has 4 rings (SSSR count). The van der Waals surface area contributed by atoms with Crippen LogP contribution in [0, 0.1) is 11.8 Å². The molecule has 0 spiro atoms. The fraction of sp³-hybridized carbons (Fsp3) is 0.474. The summed E-state index contributed by atoms with van der Waals surface area (Å²) in [5, 5.41) is 5.50. The quantitative estimate of drug-likeness (QED) is 0.874. The highest BCUT2D eigenvalue weighted by Gasteiger charge is 2.57. The molecule has 0 unspecified atom stereocenters. The normalized spacial score (nSPS) is 23.7. The van der Waals surface area contributed by atoms with Gasteiger partial charge in [0.2, 0.25) is 5.91 Å². The van der Waals surface area contributed by atoms with Crippen molar-refractivity contribution in [3.8, 4) is 10.6 Å². The molecule has 2 amide bonds. The molecule has 2 fully saturated rings. The number of piperidine rings is 1. The van der Waals surface area contributed by atoms with Gasteiger partial charge in [-0.05, 0) is 51.2 Å². The van der Waals surface area contributed by atoms with Crippen LogP contribution in [0.15, 0.2) is 29.9 Å². The lowest BCUT2D eigenvalue weighted by molar-refractivity contribution is -0.121. The number of ether oxygens (including phenoxy) is 1. The predicted octanol–water partition coefficient (Wildman–Crippen LogP) is 3.40. The number of hydrogen-bond acceptors (Lipinski definition) is 6. The lowest BCUT2D eigenvalue weighted by Crippen LogP contribution is -2.47. The fourth-order valence-corrected chi connectivity index (χ4v) is 4.23. The number of nitrogens with one attached hydrogen (secondary N) is 1. The van der Waals surface area contributed by atoms with E-state index in [1.54, 1.807) is 17.3 Å². The SMILES string of the molecule is CC(C)(C)OC(=O)N1C[C@@H]2C[C@@H]2[C@@H]1C(=O)Nc1csc(-c2ccncc2)n1. The molecule has 1 aliphatic heterocycles. The maximum absolute atomic E-state index is 12.9. The van der Waals surface area contributed by atoms with Crippen molar-refractivity contribution in [3.05, 3.63) is 29.9 Å². The summed E-state index contributed by atoms with van der Waals surface area (Å²) in [5.74, 6) is 0.925. The molecule has 0 aromatic carbocycles. The number of anilines is 1. The number of fused-ring (bicyclic) bond motifs is 1. The Morgan fingerprint density at radius 1 is 1.30 bits per heavy atom. The molecule has 3 atom stereocenters. The number of thiazole rings is 1. The van der Waals surface area contributed by atoms with Crippen LogP contribution in [0.1, 0.15) is 27.2 Å². The maximum atomic E-state index is 12.9. The van der Waals surface area contributed by atoms with Crippen LogP contribution < -0.4 is 5.32 Å². The molecule has 0 radical (unpaired) electrons. The van der Waals surface area contributed by atoms with E-state index in [-0.39, 0.29) is 11.8 Å². The van der Waals surface area contributed by atoms with Gasteiger partial charge in [0.15, 0.2) is 0 Å². The second-order valence-corrected chi connectivity index (χ2v) is 8.86. The summed E-state index contributed by atoms with van der Waals surface area (Å²) >= 11 is 1.45. The third kappa shape index (κ3) is 3.80. The zero-order chi connectivity index (χ0) is 19.2. The molecule has 2 aliphatic rings. The van der Waals surface area contributed by atoms with Crippen molar-refractivity contribution in [3.63, 3.8) is 0 Å². The van der Waals surface area contributed by atoms with Gasteiger partial charge in [0.05, 0.1) is 0 Å². The van der Waals surface area contributed by atoms with Crippen molar-refractivity contribution in [2.24, 2.45) is 11.8 Å². The topological polar surface area (TPSA) is 84.4 Å². The molecule has 1 aliphatic carbocycles. The first-order valence-electron chi connectivity index (χ1n) is 8.98. The Kier molecular flexibility index (Phi) is 4.38. The Morgan fingerprint density at radius 2 is 2.04 bits per heavy atom. The fourth-order valence-electron chi connectivity index (χ4n) is 3.47. The van der Waals surface area contributed by atoms with E-state index in [4.69, 9.17) is 4.74 Å². The monoisotopic (exact) mass is 386 g/mol. The number of carbonyl (C=O) groups is 2. The Balaban J connectivity index is 1.46. The predicted molar refractivity (Wildman–Crippen MR) is 102 cm³/mol. The number of aromatic nitrogens is 2. The van der Waals surface area contributed by atoms with Gasteiger partial charge in [-0.1, -0.05) is 0 Å². The summed E-state index contributed by atoms with van der Waals surface area (Å²) in [7, 11) is 0. The second-order valence-electron chi connectivity index (χ2n) is 8.00. The first-order valence-corrected chi connectivity index (χ1v) is 9.86. The van der Waals surface area contributed by atoms with Crippen molar-refractivity contribution in [1.29, 1.82) is 0 Å². The Labute approximate surface area is 161 Å². The van der Waals surface area contributed by atoms with Gasteiger partial charge in [0.1, 0.15) is 22.5 Å². The van der Waals surface area contributed by atoms with Gasteiger partial charge in [-0.2, -0.15) is 0 Å². The van der Waals surface area contributed by atoms with E-state index in [0.29, 0.717) is 18.3 Å². The Morgan fingerprint density at radius 3 is 2.74 bits per heavy atom. The van der Waals surface area contributed by atoms with E-state index >= 15 is 0 Å². The van der Waals surface area contributed by atoms with Crippen LogP contribution in [0.25, 0.3) is 10.6 Å². The van der Waals surface area contributed by atoms with Crippen molar-refractivity contribution in [2.75, 3.05) is 11.9 Å². The average Bonchev–Trinajstić information content (AvgIpc) is 3.03. The lowest BCUT2D eigenvalue weighted by atomic mass is 10.1. The van der Waals surface area contributed by atoms with Crippen LogP contribution in [0.4, 0.5) is 10.6 Å². The van der Waals surface area contributed by atoms with E-state index in [1.165, 1.54) is 11.3 Å². The number of carbonyl (C=O) groups excluding carboxylic acids is 2. The number of amides is 2. The first kappa shape index (κ1) is 17.9. The maximum Gasteiger partial charge on any atom is 0.410 e. The minimum Gasteiger partial charge on any atom is -0.444 e. The molecule has 7 nitrogen and oxygen atoms in total. The molecule has 27 heavy (non-hydrogen) atoms. The van der Waals surface area contributed by atoms with Crippen molar-refractivity contribution >= 4 is 29.2 Å². The summed E-state index contributed by atoms with van der Waals surface area (Å²) in [6.45, 7) is 6.06. The summed E-state index contributed by atoms with van der Waals surface area (Å²) in [5.41, 5.74) is 0.369. The van der Waals surface area contributed by atoms with E-state index in [1.807, 2.05) is 38.3 Å². The van der Waals surface area contributed by atoms with Crippen LogP contribution >= 0.6 is 11.3 Å². The van der Waals surface area contributed by atoms with Gasteiger partial charge < -0.3 is 10.1 Å². The zero-order valence-corrected chi connectivity index (χ0v) is 16.3. The Hall–Kier alpha value is -2.48. The largest absolute Gasteiger partial charge is 0.444 e. The standard InChI is InChI=1S/C19H22N4O3S/c1-19(2,3)26-18(25)23-9-12-8-13(12)15(23)16(24)21-14-10-27-17(22-14)11-4-6-20-7-5-11/h4-7,10,12-13,15H,8-9H2,1-3H3,(H,21,24)/t12-,13-,15+/m0/s1. The smallest absolute Gasteiger partial charge is 0.410 e. The molecule has 2 aromatic rings. The number of likely N-dealkylation sites (tertiary alicyclic amines) is 1. The third-order valence-electron chi connectivity index (χ3n) is 4.73. The highest BCUT2D eigenvalue weighted by Crippen LogP contribution is 2.50. The molecular formula is C19H22N4O3S. The highest BCUT2D eigenvalue weighted by atomic mass is 32.1. The molecule has 0 bridgehead atoms. The number of hydrogen-bond donors (Lipinski definition) is 1. The molecular weight excluding hydrogens is 364 g/mol. The van der Waals surface area contributed by atoms with Crippen LogP contribution in [-0.4, -0.2) is 45.1 Å². The molecule has 142 valence electrons. The molecule has 1 saturated carbocycles. The van der Waals surface area contributed by atoms with Gasteiger partial charge in [-0.15, -0.1) is 11.3 Å². The van der Waals surface area contributed by atoms with Crippen LogP contribution in [-0.2, 0) is 9.53 Å². The summed E-state index contributed by atoms with van der Waals surface area (Å²) in [6.07, 6.45) is 3.97. The summed E-state index contributed by atoms with van der Waals surface area (Å²) < 4.78 is 5.47. The van der Waals surface area contributed by atoms with E-state index in [9.17, 15) is 9.59 Å². The van der Waals surface area contributed by atoms with Crippen LogP contribution in [0.2, 0.25) is 0 Å².